The molecule has 21 heavy (non-hydrogen) atoms. The Balaban J connectivity index is 1.93. The average molecular weight is 301 g/mol. The summed E-state index contributed by atoms with van der Waals surface area (Å²) >= 11 is 1.53. The first-order valence-electron chi connectivity index (χ1n) is 6.52. The Morgan fingerprint density at radius 2 is 2.19 bits per heavy atom. The summed E-state index contributed by atoms with van der Waals surface area (Å²) in [6.45, 7) is 2.10. The van der Waals surface area contributed by atoms with E-state index in [-0.39, 0.29) is 0 Å². The van der Waals surface area contributed by atoms with E-state index in [1.165, 1.54) is 18.1 Å². The summed E-state index contributed by atoms with van der Waals surface area (Å²) in [6, 6.07) is 6.08. The molecule has 0 amide bonds. The van der Waals surface area contributed by atoms with Gasteiger partial charge < -0.3 is 15.5 Å². The summed E-state index contributed by atoms with van der Waals surface area (Å²) in [5, 5.41) is 0.740. The Morgan fingerprint density at radius 3 is 2.90 bits per heavy atom. The van der Waals surface area contributed by atoms with Crippen molar-refractivity contribution in [1.82, 2.24) is 19.9 Å². The van der Waals surface area contributed by atoms with Crippen molar-refractivity contribution in [2.45, 2.75) is 23.4 Å². The summed E-state index contributed by atoms with van der Waals surface area (Å²) in [4.78, 5) is 16.7. The standard InChI is InChI=1S/C14H15N5OS/c1-3-8-6-9(4-5-10(8)20-2)21-14-18-11-12(15)16-7-17-13(11)19-14/h4-7H,3H2,1-2H3,(H3,15,16,17,18,19). The van der Waals surface area contributed by atoms with Crippen molar-refractivity contribution in [2.75, 3.05) is 12.8 Å². The Kier molecular flexibility index (Phi) is 3.66. The first kappa shape index (κ1) is 13.7. The fourth-order valence-electron chi connectivity index (χ4n) is 2.08. The summed E-state index contributed by atoms with van der Waals surface area (Å²) in [5.74, 6) is 1.31. The lowest BCUT2D eigenvalue weighted by atomic mass is 10.1. The summed E-state index contributed by atoms with van der Waals surface area (Å²) in [7, 11) is 1.68. The Hall–Kier alpha value is -2.28. The number of hydrogen-bond donors (Lipinski definition) is 2. The van der Waals surface area contributed by atoms with Gasteiger partial charge in [-0.25, -0.2) is 15.0 Å². The maximum Gasteiger partial charge on any atom is 0.183 e. The molecule has 3 rings (SSSR count). The van der Waals surface area contributed by atoms with Crippen molar-refractivity contribution in [3.05, 3.63) is 30.1 Å². The summed E-state index contributed by atoms with van der Waals surface area (Å²) in [6.07, 6.45) is 2.33. The molecule has 0 aliphatic heterocycles. The number of aryl methyl sites for hydroxylation is 1. The number of benzene rings is 1. The minimum absolute atomic E-state index is 0.406. The Morgan fingerprint density at radius 1 is 1.33 bits per heavy atom. The SMILES string of the molecule is CCc1cc(Sc2nc3ncnc(N)c3[nH]2)ccc1OC. The Bertz CT molecular complexity index is 786. The van der Waals surface area contributed by atoms with Gasteiger partial charge in [0.25, 0.3) is 0 Å². The number of anilines is 1. The summed E-state index contributed by atoms with van der Waals surface area (Å²) < 4.78 is 5.34. The van der Waals surface area contributed by atoms with Crippen LogP contribution in [-0.4, -0.2) is 27.0 Å². The van der Waals surface area contributed by atoms with Gasteiger partial charge in [-0.15, -0.1) is 0 Å². The van der Waals surface area contributed by atoms with Crippen LogP contribution in [0.25, 0.3) is 11.2 Å². The Labute approximate surface area is 126 Å². The zero-order valence-corrected chi connectivity index (χ0v) is 12.6. The van der Waals surface area contributed by atoms with Crippen molar-refractivity contribution in [3.8, 4) is 5.75 Å². The fraction of sp³-hybridized carbons (Fsp3) is 0.214. The minimum atomic E-state index is 0.406. The molecule has 0 bridgehead atoms. The van der Waals surface area contributed by atoms with Gasteiger partial charge in [0.15, 0.2) is 16.6 Å². The number of methoxy groups -OCH3 is 1. The first-order chi connectivity index (χ1) is 10.2. The van der Waals surface area contributed by atoms with Crippen LogP contribution in [0.1, 0.15) is 12.5 Å². The smallest absolute Gasteiger partial charge is 0.183 e. The molecule has 0 radical (unpaired) electrons. The quantitative estimate of drug-likeness (QED) is 0.770. The number of fused-ring (bicyclic) bond motifs is 1. The van der Waals surface area contributed by atoms with Crippen LogP contribution >= 0.6 is 11.8 Å². The van der Waals surface area contributed by atoms with E-state index in [0.717, 1.165) is 27.8 Å². The molecule has 3 aromatic rings. The fourth-order valence-corrected chi connectivity index (χ4v) is 2.93. The number of imidazole rings is 1. The van der Waals surface area contributed by atoms with E-state index in [9.17, 15) is 0 Å². The van der Waals surface area contributed by atoms with Crippen molar-refractivity contribution in [1.29, 1.82) is 0 Å². The van der Waals surface area contributed by atoms with Crippen LogP contribution in [0.15, 0.2) is 34.6 Å². The predicted octanol–water partition coefficient (Wildman–Crippen LogP) is 2.66. The number of rotatable bonds is 4. The number of nitrogen functional groups attached to an aromatic ring is 1. The topological polar surface area (TPSA) is 89.7 Å². The highest BCUT2D eigenvalue weighted by Crippen LogP contribution is 2.31. The van der Waals surface area contributed by atoms with Crippen LogP contribution in [0.3, 0.4) is 0 Å². The molecule has 0 aliphatic rings. The van der Waals surface area contributed by atoms with Crippen LogP contribution in [-0.2, 0) is 6.42 Å². The van der Waals surface area contributed by atoms with E-state index in [1.54, 1.807) is 7.11 Å². The molecule has 3 N–H and O–H groups in total. The molecular formula is C14H15N5OS. The van der Waals surface area contributed by atoms with Gasteiger partial charge >= 0.3 is 0 Å². The highest BCUT2D eigenvalue weighted by atomic mass is 32.2. The molecule has 6 nitrogen and oxygen atoms in total. The highest BCUT2D eigenvalue weighted by molar-refractivity contribution is 7.99. The minimum Gasteiger partial charge on any atom is -0.496 e. The van der Waals surface area contributed by atoms with Gasteiger partial charge in [0.2, 0.25) is 0 Å². The van der Waals surface area contributed by atoms with Crippen molar-refractivity contribution in [2.24, 2.45) is 0 Å². The van der Waals surface area contributed by atoms with Gasteiger partial charge in [0.1, 0.15) is 17.6 Å². The number of aromatic nitrogens is 4. The number of aromatic amines is 1. The van der Waals surface area contributed by atoms with E-state index in [4.69, 9.17) is 10.5 Å². The zero-order valence-electron chi connectivity index (χ0n) is 11.8. The molecule has 1 aromatic carbocycles. The molecule has 0 spiro atoms. The third kappa shape index (κ3) is 2.64. The van der Waals surface area contributed by atoms with Gasteiger partial charge in [0.05, 0.1) is 7.11 Å². The van der Waals surface area contributed by atoms with Gasteiger partial charge in [-0.3, -0.25) is 0 Å². The van der Waals surface area contributed by atoms with Crippen molar-refractivity contribution in [3.63, 3.8) is 0 Å². The largest absolute Gasteiger partial charge is 0.496 e. The number of hydrogen-bond acceptors (Lipinski definition) is 6. The van der Waals surface area contributed by atoms with Gasteiger partial charge in [0, 0.05) is 4.90 Å². The number of H-pyrrole nitrogens is 1. The summed E-state index contributed by atoms with van der Waals surface area (Å²) in [5.41, 5.74) is 8.21. The van der Waals surface area contributed by atoms with Crippen molar-refractivity contribution < 1.29 is 4.74 Å². The van der Waals surface area contributed by atoms with Gasteiger partial charge in [-0.1, -0.05) is 18.7 Å². The van der Waals surface area contributed by atoms with Crippen LogP contribution < -0.4 is 10.5 Å². The molecule has 7 heteroatoms. The molecule has 2 aromatic heterocycles. The maximum absolute atomic E-state index is 5.80. The number of ether oxygens (including phenoxy) is 1. The van der Waals surface area contributed by atoms with Crippen LogP contribution in [0.4, 0.5) is 5.82 Å². The molecule has 0 fully saturated rings. The third-order valence-electron chi connectivity index (χ3n) is 3.14. The molecule has 0 saturated heterocycles. The maximum atomic E-state index is 5.80. The highest BCUT2D eigenvalue weighted by Gasteiger charge is 2.10. The van der Waals surface area contributed by atoms with E-state index in [1.807, 2.05) is 12.1 Å². The zero-order chi connectivity index (χ0) is 14.8. The van der Waals surface area contributed by atoms with Gasteiger partial charge in [-0.2, -0.15) is 0 Å². The monoisotopic (exact) mass is 301 g/mol. The lowest BCUT2D eigenvalue weighted by molar-refractivity contribution is 0.409. The van der Waals surface area contributed by atoms with E-state index in [2.05, 4.69) is 32.9 Å². The second-order valence-corrected chi connectivity index (χ2v) is 5.49. The van der Waals surface area contributed by atoms with E-state index < -0.39 is 0 Å². The lowest BCUT2D eigenvalue weighted by Gasteiger charge is -2.08. The molecule has 0 unspecified atom stereocenters. The normalized spacial score (nSPS) is 11.0. The van der Waals surface area contributed by atoms with Crippen LogP contribution in [0.5, 0.6) is 5.75 Å². The number of nitrogens with two attached hydrogens (primary N) is 1. The van der Waals surface area contributed by atoms with Crippen molar-refractivity contribution >= 4 is 28.7 Å². The molecule has 2 heterocycles. The van der Waals surface area contributed by atoms with Crippen LogP contribution in [0.2, 0.25) is 0 Å². The molecular weight excluding hydrogens is 286 g/mol. The molecule has 108 valence electrons. The van der Waals surface area contributed by atoms with Crippen LogP contribution in [0, 0.1) is 0 Å². The van der Waals surface area contributed by atoms with E-state index >= 15 is 0 Å². The predicted molar refractivity (Wildman–Crippen MR) is 82.6 cm³/mol. The average Bonchev–Trinajstić information content (AvgIpc) is 2.91. The molecule has 0 aliphatic carbocycles. The first-order valence-corrected chi connectivity index (χ1v) is 7.34. The number of nitrogens with one attached hydrogen (secondary N) is 1. The molecule has 0 saturated carbocycles. The second kappa shape index (κ2) is 5.61. The lowest BCUT2D eigenvalue weighted by Crippen LogP contribution is -1.91. The van der Waals surface area contributed by atoms with Gasteiger partial charge in [-0.05, 0) is 30.2 Å². The van der Waals surface area contributed by atoms with E-state index in [0.29, 0.717) is 17.0 Å². The second-order valence-electron chi connectivity index (χ2n) is 4.43. The third-order valence-corrected chi connectivity index (χ3v) is 4.02. The molecule has 0 atom stereocenters. The number of nitrogens with zero attached hydrogens (tertiary/aromatic N) is 3.